The Bertz CT molecular complexity index is 906. The van der Waals surface area contributed by atoms with E-state index >= 15 is 0 Å². The predicted octanol–water partition coefficient (Wildman–Crippen LogP) is 4.48. The minimum Gasteiger partial charge on any atom is -0.478 e. The molecule has 0 aliphatic carbocycles. The van der Waals surface area contributed by atoms with Crippen molar-refractivity contribution in [1.29, 1.82) is 0 Å². The Kier molecular flexibility index (Phi) is 6.82. The van der Waals surface area contributed by atoms with Gasteiger partial charge in [-0.05, 0) is 44.5 Å². The largest absolute Gasteiger partial charge is 0.478 e. The topological polar surface area (TPSA) is 30.3 Å². The third-order valence-electron chi connectivity index (χ3n) is 4.79. The first-order valence-electron chi connectivity index (χ1n) is 9.69. The molecule has 0 saturated heterocycles. The number of ether oxygens (including phenoxy) is 1. The SMILES string of the molecule is Cc1cccc(CCN(C)CCCOc2cc(-c3ccccc3F)nn2C)c1. The normalized spacial score (nSPS) is 11.2. The van der Waals surface area contributed by atoms with Crippen molar-refractivity contribution in [3.05, 3.63) is 71.5 Å². The van der Waals surface area contributed by atoms with Gasteiger partial charge in [-0.2, -0.15) is 5.10 Å². The number of nitrogens with zero attached hydrogens (tertiary/aromatic N) is 3. The summed E-state index contributed by atoms with van der Waals surface area (Å²) in [5.41, 5.74) is 3.76. The van der Waals surface area contributed by atoms with E-state index in [9.17, 15) is 4.39 Å². The number of hydrogen-bond acceptors (Lipinski definition) is 3. The fraction of sp³-hybridized carbons (Fsp3) is 0.348. The van der Waals surface area contributed by atoms with Crippen molar-refractivity contribution in [1.82, 2.24) is 14.7 Å². The molecular weight excluding hydrogens is 353 g/mol. The summed E-state index contributed by atoms with van der Waals surface area (Å²) < 4.78 is 21.4. The van der Waals surface area contributed by atoms with Crippen LogP contribution in [0, 0.1) is 12.7 Å². The molecule has 0 spiro atoms. The quantitative estimate of drug-likeness (QED) is 0.512. The third kappa shape index (κ3) is 5.42. The van der Waals surface area contributed by atoms with E-state index in [-0.39, 0.29) is 5.82 Å². The van der Waals surface area contributed by atoms with Crippen molar-refractivity contribution in [3.8, 4) is 17.1 Å². The van der Waals surface area contributed by atoms with Crippen LogP contribution in [0.3, 0.4) is 0 Å². The number of likely N-dealkylation sites (N-methyl/N-ethyl adjacent to an activating group) is 1. The molecule has 0 fully saturated rings. The van der Waals surface area contributed by atoms with Crippen molar-refractivity contribution in [3.63, 3.8) is 0 Å². The Morgan fingerprint density at radius 3 is 2.68 bits per heavy atom. The van der Waals surface area contributed by atoms with Gasteiger partial charge < -0.3 is 9.64 Å². The summed E-state index contributed by atoms with van der Waals surface area (Å²) in [6.07, 6.45) is 1.97. The minimum atomic E-state index is -0.276. The molecule has 2 aromatic carbocycles. The molecule has 0 saturated carbocycles. The van der Waals surface area contributed by atoms with Crippen LogP contribution in [0.2, 0.25) is 0 Å². The Hall–Kier alpha value is -2.66. The molecule has 1 heterocycles. The van der Waals surface area contributed by atoms with E-state index in [2.05, 4.69) is 48.2 Å². The first-order valence-corrected chi connectivity index (χ1v) is 9.69. The summed E-state index contributed by atoms with van der Waals surface area (Å²) in [4.78, 5) is 2.32. The van der Waals surface area contributed by atoms with Gasteiger partial charge in [-0.3, -0.25) is 0 Å². The van der Waals surface area contributed by atoms with Crippen molar-refractivity contribution >= 4 is 0 Å². The highest BCUT2D eigenvalue weighted by atomic mass is 19.1. The number of rotatable bonds is 9. The monoisotopic (exact) mass is 381 g/mol. The molecule has 0 unspecified atom stereocenters. The van der Waals surface area contributed by atoms with Crippen molar-refractivity contribution in [2.75, 3.05) is 26.7 Å². The molecule has 0 N–H and O–H groups in total. The minimum absolute atomic E-state index is 0.276. The summed E-state index contributed by atoms with van der Waals surface area (Å²) in [5.74, 6) is 0.378. The van der Waals surface area contributed by atoms with Crippen LogP contribution in [-0.4, -0.2) is 41.4 Å². The van der Waals surface area contributed by atoms with Gasteiger partial charge in [0.05, 0.1) is 12.3 Å². The standard InChI is InChI=1S/C23H28FN3O/c1-18-8-6-9-19(16-18)12-14-26(2)13-7-15-28-23-17-22(25-27(23)3)20-10-4-5-11-21(20)24/h4-6,8-11,16-17H,7,12-15H2,1-3H3. The summed E-state index contributed by atoms with van der Waals surface area (Å²) in [6, 6.07) is 17.1. The Morgan fingerprint density at radius 1 is 1.07 bits per heavy atom. The van der Waals surface area contributed by atoms with Gasteiger partial charge in [0.25, 0.3) is 0 Å². The Balaban J connectivity index is 1.43. The molecule has 0 atom stereocenters. The highest BCUT2D eigenvalue weighted by Crippen LogP contribution is 2.25. The highest BCUT2D eigenvalue weighted by Gasteiger charge is 2.11. The van der Waals surface area contributed by atoms with Crippen LogP contribution in [0.25, 0.3) is 11.3 Å². The average molecular weight is 381 g/mol. The molecule has 1 aromatic heterocycles. The molecule has 0 bridgehead atoms. The number of benzene rings is 2. The zero-order valence-corrected chi connectivity index (χ0v) is 16.9. The maximum atomic E-state index is 13.9. The summed E-state index contributed by atoms with van der Waals surface area (Å²) in [6.45, 7) is 4.71. The fourth-order valence-corrected chi connectivity index (χ4v) is 3.20. The Morgan fingerprint density at radius 2 is 1.89 bits per heavy atom. The van der Waals surface area contributed by atoms with Gasteiger partial charge in [-0.15, -0.1) is 0 Å². The lowest BCUT2D eigenvalue weighted by Gasteiger charge is -2.16. The van der Waals surface area contributed by atoms with Gasteiger partial charge in [-0.25, -0.2) is 9.07 Å². The van der Waals surface area contributed by atoms with E-state index in [4.69, 9.17) is 4.74 Å². The first-order chi connectivity index (χ1) is 13.5. The molecule has 5 heteroatoms. The highest BCUT2D eigenvalue weighted by molar-refractivity contribution is 5.60. The van der Waals surface area contributed by atoms with Crippen LogP contribution in [-0.2, 0) is 13.5 Å². The van der Waals surface area contributed by atoms with Crippen LogP contribution < -0.4 is 4.74 Å². The molecule has 28 heavy (non-hydrogen) atoms. The van der Waals surface area contributed by atoms with Crippen molar-refractivity contribution in [2.24, 2.45) is 7.05 Å². The second kappa shape index (κ2) is 9.51. The smallest absolute Gasteiger partial charge is 0.212 e. The maximum absolute atomic E-state index is 13.9. The molecule has 3 rings (SSSR count). The maximum Gasteiger partial charge on any atom is 0.212 e. The number of aromatic nitrogens is 2. The molecule has 148 valence electrons. The molecule has 0 aliphatic heterocycles. The van der Waals surface area contributed by atoms with Crippen LogP contribution >= 0.6 is 0 Å². The molecule has 0 amide bonds. The molecular formula is C23H28FN3O. The second-order valence-corrected chi connectivity index (χ2v) is 7.22. The Labute approximate surface area is 166 Å². The fourth-order valence-electron chi connectivity index (χ4n) is 3.20. The van der Waals surface area contributed by atoms with Crippen molar-refractivity contribution < 1.29 is 9.13 Å². The predicted molar refractivity (Wildman–Crippen MR) is 111 cm³/mol. The van der Waals surface area contributed by atoms with Gasteiger partial charge in [0.1, 0.15) is 5.82 Å². The van der Waals surface area contributed by atoms with E-state index in [1.54, 1.807) is 28.9 Å². The van der Waals surface area contributed by atoms with Gasteiger partial charge in [0, 0.05) is 31.8 Å². The van der Waals surface area contributed by atoms with Crippen LogP contribution in [0.4, 0.5) is 4.39 Å². The molecule has 0 aliphatic rings. The summed E-state index contributed by atoms with van der Waals surface area (Å²) >= 11 is 0. The van der Waals surface area contributed by atoms with Crippen LogP contribution in [0.5, 0.6) is 5.88 Å². The number of halogens is 1. The lowest BCUT2D eigenvalue weighted by atomic mass is 10.1. The van der Waals surface area contributed by atoms with Gasteiger partial charge in [0.2, 0.25) is 5.88 Å². The van der Waals surface area contributed by atoms with E-state index in [1.165, 1.54) is 17.2 Å². The average Bonchev–Trinajstić information content (AvgIpc) is 3.04. The van der Waals surface area contributed by atoms with Crippen LogP contribution in [0.15, 0.2) is 54.6 Å². The molecule has 0 radical (unpaired) electrons. The van der Waals surface area contributed by atoms with E-state index in [1.807, 2.05) is 7.05 Å². The first kappa shape index (κ1) is 20.1. The van der Waals surface area contributed by atoms with Crippen LogP contribution in [0.1, 0.15) is 17.5 Å². The molecule has 3 aromatic rings. The lowest BCUT2D eigenvalue weighted by molar-refractivity contribution is 0.250. The van der Waals surface area contributed by atoms with E-state index in [0.29, 0.717) is 23.7 Å². The zero-order chi connectivity index (χ0) is 19.9. The number of hydrogen-bond donors (Lipinski definition) is 0. The van der Waals surface area contributed by atoms with Gasteiger partial charge in [0.15, 0.2) is 0 Å². The summed E-state index contributed by atoms with van der Waals surface area (Å²) in [5, 5.41) is 4.37. The summed E-state index contributed by atoms with van der Waals surface area (Å²) in [7, 11) is 3.95. The van der Waals surface area contributed by atoms with Crippen molar-refractivity contribution in [2.45, 2.75) is 19.8 Å². The van der Waals surface area contributed by atoms with E-state index in [0.717, 1.165) is 25.9 Å². The van der Waals surface area contributed by atoms with E-state index < -0.39 is 0 Å². The number of aryl methyl sites for hydroxylation is 2. The second-order valence-electron chi connectivity index (χ2n) is 7.22. The van der Waals surface area contributed by atoms with Gasteiger partial charge in [-0.1, -0.05) is 42.0 Å². The zero-order valence-electron chi connectivity index (χ0n) is 16.9. The lowest BCUT2D eigenvalue weighted by Crippen LogP contribution is -2.23. The third-order valence-corrected chi connectivity index (χ3v) is 4.79. The molecule has 4 nitrogen and oxygen atoms in total. The van der Waals surface area contributed by atoms with Gasteiger partial charge >= 0.3 is 0 Å².